The number of ketones is 1. The van der Waals surface area contributed by atoms with Crippen LogP contribution in [0.25, 0.3) is 11.0 Å². The number of nitrogens with one attached hydrogen (secondary N) is 1. The highest BCUT2D eigenvalue weighted by Gasteiger charge is 2.13. The first-order chi connectivity index (χ1) is 7.63. The van der Waals surface area contributed by atoms with Crippen molar-refractivity contribution in [3.63, 3.8) is 0 Å². The summed E-state index contributed by atoms with van der Waals surface area (Å²) in [5.74, 6) is 0.0686. The third-order valence-corrected chi connectivity index (χ3v) is 2.92. The molecule has 0 fully saturated rings. The quantitative estimate of drug-likeness (QED) is 0.872. The normalized spacial score (nSPS) is 10.9. The standard InChI is InChI=1S/C11H12BrN3O/c1-13-6-11(16)10-4-8-9(15(10)2)3-7(12)5-14-8/h3-5,13H,6H2,1-2H3. The molecule has 0 unspecified atom stereocenters. The maximum Gasteiger partial charge on any atom is 0.192 e. The largest absolute Gasteiger partial charge is 0.340 e. The second-order valence-corrected chi connectivity index (χ2v) is 4.52. The van der Waals surface area contributed by atoms with Gasteiger partial charge in [-0.2, -0.15) is 0 Å². The fourth-order valence-electron chi connectivity index (χ4n) is 1.69. The zero-order chi connectivity index (χ0) is 11.7. The summed E-state index contributed by atoms with van der Waals surface area (Å²) in [5.41, 5.74) is 2.47. The van der Waals surface area contributed by atoms with Crippen LogP contribution in [0.4, 0.5) is 0 Å². The first-order valence-electron chi connectivity index (χ1n) is 4.92. The van der Waals surface area contributed by atoms with Crippen LogP contribution in [0.5, 0.6) is 0 Å². The van der Waals surface area contributed by atoms with E-state index < -0.39 is 0 Å². The maximum atomic E-state index is 11.8. The molecule has 1 N–H and O–H groups in total. The monoisotopic (exact) mass is 281 g/mol. The van der Waals surface area contributed by atoms with E-state index in [0.717, 1.165) is 15.5 Å². The van der Waals surface area contributed by atoms with Gasteiger partial charge in [0.15, 0.2) is 5.78 Å². The van der Waals surface area contributed by atoms with Gasteiger partial charge in [0.1, 0.15) is 0 Å². The number of carbonyl (C=O) groups is 1. The summed E-state index contributed by atoms with van der Waals surface area (Å²) >= 11 is 3.37. The third kappa shape index (κ3) is 1.88. The number of carbonyl (C=O) groups excluding carboxylic acids is 1. The summed E-state index contributed by atoms with van der Waals surface area (Å²) in [6.45, 7) is 0.339. The number of aromatic nitrogens is 2. The van der Waals surface area contributed by atoms with Gasteiger partial charge in [0.2, 0.25) is 0 Å². The Kier molecular flexibility index (Phi) is 3.07. The lowest BCUT2D eigenvalue weighted by Gasteiger charge is -2.02. The number of nitrogens with zero attached hydrogens (tertiary/aromatic N) is 2. The van der Waals surface area contributed by atoms with E-state index in [0.29, 0.717) is 12.2 Å². The van der Waals surface area contributed by atoms with E-state index in [4.69, 9.17) is 0 Å². The van der Waals surface area contributed by atoms with Crippen LogP contribution in [-0.2, 0) is 7.05 Å². The summed E-state index contributed by atoms with van der Waals surface area (Å²) in [6, 6.07) is 3.78. The van der Waals surface area contributed by atoms with Gasteiger partial charge in [-0.15, -0.1) is 0 Å². The fourth-order valence-corrected chi connectivity index (χ4v) is 2.01. The van der Waals surface area contributed by atoms with E-state index in [2.05, 4.69) is 26.2 Å². The molecule has 0 bridgehead atoms. The Morgan fingerprint density at radius 1 is 1.56 bits per heavy atom. The summed E-state index contributed by atoms with van der Waals surface area (Å²) in [6.07, 6.45) is 1.73. The molecule has 0 amide bonds. The average Bonchev–Trinajstić information content (AvgIpc) is 2.57. The van der Waals surface area contributed by atoms with Crippen molar-refractivity contribution in [2.24, 2.45) is 7.05 Å². The number of Topliss-reactive ketones (excluding diaryl/α,β-unsaturated/α-hetero) is 1. The van der Waals surface area contributed by atoms with Crippen LogP contribution in [0.1, 0.15) is 10.5 Å². The number of likely N-dealkylation sites (N-methyl/N-ethyl adjacent to an activating group) is 1. The number of hydrogen-bond donors (Lipinski definition) is 1. The first-order valence-corrected chi connectivity index (χ1v) is 5.71. The molecule has 0 aliphatic rings. The Morgan fingerprint density at radius 3 is 3.00 bits per heavy atom. The van der Waals surface area contributed by atoms with Crippen molar-refractivity contribution in [2.45, 2.75) is 0 Å². The molecule has 0 aromatic carbocycles. The SMILES string of the molecule is CNCC(=O)c1cc2ncc(Br)cc2n1C. The van der Waals surface area contributed by atoms with Crippen LogP contribution in [0.15, 0.2) is 22.8 Å². The number of halogens is 1. The Bertz CT molecular complexity index is 547. The van der Waals surface area contributed by atoms with Crippen LogP contribution in [0.2, 0.25) is 0 Å². The Hall–Kier alpha value is -1.20. The molecule has 0 atom stereocenters. The minimum absolute atomic E-state index is 0.0686. The predicted molar refractivity (Wildman–Crippen MR) is 66.7 cm³/mol. The lowest BCUT2D eigenvalue weighted by Crippen LogP contribution is -2.20. The van der Waals surface area contributed by atoms with Gasteiger partial charge in [-0.05, 0) is 35.1 Å². The summed E-state index contributed by atoms with van der Waals surface area (Å²) in [7, 11) is 3.63. The molecule has 0 aliphatic heterocycles. The van der Waals surface area contributed by atoms with Crippen molar-refractivity contribution < 1.29 is 4.79 Å². The predicted octanol–water partition coefficient (Wildman–Crippen LogP) is 1.74. The molecule has 2 heterocycles. The topological polar surface area (TPSA) is 46.9 Å². The molecule has 0 radical (unpaired) electrons. The number of fused-ring (bicyclic) bond motifs is 1. The second-order valence-electron chi connectivity index (χ2n) is 3.60. The molecule has 0 aliphatic carbocycles. The molecule has 2 aromatic rings. The van der Waals surface area contributed by atoms with E-state index >= 15 is 0 Å². The average molecular weight is 282 g/mol. The molecule has 2 aromatic heterocycles. The van der Waals surface area contributed by atoms with Crippen molar-refractivity contribution >= 4 is 32.7 Å². The van der Waals surface area contributed by atoms with Crippen LogP contribution in [-0.4, -0.2) is 28.9 Å². The number of rotatable bonds is 3. The maximum absolute atomic E-state index is 11.8. The molecule has 0 saturated carbocycles. The molecule has 4 nitrogen and oxygen atoms in total. The highest BCUT2D eigenvalue weighted by atomic mass is 79.9. The minimum Gasteiger partial charge on any atom is -0.340 e. The molecule has 84 valence electrons. The van der Waals surface area contributed by atoms with Gasteiger partial charge < -0.3 is 9.88 Å². The number of pyridine rings is 1. The van der Waals surface area contributed by atoms with Crippen molar-refractivity contribution in [3.8, 4) is 0 Å². The second kappa shape index (κ2) is 4.35. The highest BCUT2D eigenvalue weighted by Crippen LogP contribution is 2.20. The molecule has 0 spiro atoms. The smallest absolute Gasteiger partial charge is 0.192 e. The van der Waals surface area contributed by atoms with Gasteiger partial charge in [-0.1, -0.05) is 0 Å². The Labute approximate surface area is 102 Å². The number of aryl methyl sites for hydroxylation is 1. The van der Waals surface area contributed by atoms with E-state index in [1.54, 1.807) is 13.2 Å². The van der Waals surface area contributed by atoms with Gasteiger partial charge in [-0.3, -0.25) is 9.78 Å². The van der Waals surface area contributed by atoms with Crippen LogP contribution in [0, 0.1) is 0 Å². The first kappa shape index (κ1) is 11.3. The van der Waals surface area contributed by atoms with Gasteiger partial charge in [0.25, 0.3) is 0 Å². The fraction of sp³-hybridized carbons (Fsp3) is 0.273. The van der Waals surface area contributed by atoms with Crippen LogP contribution in [0.3, 0.4) is 0 Å². The van der Waals surface area contributed by atoms with Crippen LogP contribution >= 0.6 is 15.9 Å². The van der Waals surface area contributed by atoms with Gasteiger partial charge >= 0.3 is 0 Å². The molecule has 16 heavy (non-hydrogen) atoms. The van der Waals surface area contributed by atoms with Crippen molar-refractivity contribution in [2.75, 3.05) is 13.6 Å². The van der Waals surface area contributed by atoms with E-state index in [1.807, 2.05) is 23.7 Å². The van der Waals surface area contributed by atoms with Gasteiger partial charge in [-0.25, -0.2) is 0 Å². The van der Waals surface area contributed by atoms with E-state index in [1.165, 1.54) is 0 Å². The summed E-state index contributed by atoms with van der Waals surface area (Å²) in [5, 5.41) is 2.86. The van der Waals surface area contributed by atoms with E-state index in [9.17, 15) is 4.79 Å². The summed E-state index contributed by atoms with van der Waals surface area (Å²) < 4.78 is 2.78. The molecular weight excluding hydrogens is 270 g/mol. The lowest BCUT2D eigenvalue weighted by atomic mass is 10.3. The number of hydrogen-bond acceptors (Lipinski definition) is 3. The lowest BCUT2D eigenvalue weighted by molar-refractivity contribution is 0.0986. The van der Waals surface area contributed by atoms with E-state index in [-0.39, 0.29) is 5.78 Å². The highest BCUT2D eigenvalue weighted by molar-refractivity contribution is 9.10. The molecule has 0 saturated heterocycles. The zero-order valence-electron chi connectivity index (χ0n) is 9.12. The van der Waals surface area contributed by atoms with Gasteiger partial charge in [0.05, 0.1) is 23.3 Å². The molecular formula is C11H12BrN3O. The zero-order valence-corrected chi connectivity index (χ0v) is 10.7. The third-order valence-electron chi connectivity index (χ3n) is 2.48. The molecule has 5 heteroatoms. The summed E-state index contributed by atoms with van der Waals surface area (Å²) in [4.78, 5) is 16.1. The van der Waals surface area contributed by atoms with Crippen LogP contribution < -0.4 is 5.32 Å². The molecule has 2 rings (SSSR count). The Balaban J connectivity index is 2.56. The van der Waals surface area contributed by atoms with Gasteiger partial charge in [0, 0.05) is 17.7 Å². The van der Waals surface area contributed by atoms with Crippen molar-refractivity contribution in [1.82, 2.24) is 14.9 Å². The Morgan fingerprint density at radius 2 is 2.31 bits per heavy atom. The van der Waals surface area contributed by atoms with Crippen molar-refractivity contribution in [1.29, 1.82) is 0 Å². The van der Waals surface area contributed by atoms with Crippen molar-refractivity contribution in [3.05, 3.63) is 28.5 Å². The minimum atomic E-state index is 0.0686.